The Labute approximate surface area is 146 Å². The molecule has 1 atom stereocenters. The number of piperazine rings is 1. The molecular weight excluding hydrogens is 379 g/mol. The van der Waals surface area contributed by atoms with E-state index >= 15 is 0 Å². The summed E-state index contributed by atoms with van der Waals surface area (Å²) in [7, 11) is 0. The quantitative estimate of drug-likeness (QED) is 0.802. The van der Waals surface area contributed by atoms with Gasteiger partial charge in [-0.25, -0.2) is 0 Å². The molecule has 116 valence electrons. The van der Waals surface area contributed by atoms with E-state index in [0.29, 0.717) is 6.04 Å². The molecule has 20 heavy (non-hydrogen) atoms. The van der Waals surface area contributed by atoms with E-state index in [1.165, 1.54) is 43.2 Å². The number of halogens is 3. The van der Waals surface area contributed by atoms with E-state index in [9.17, 15) is 0 Å². The van der Waals surface area contributed by atoms with E-state index in [0.717, 1.165) is 19.0 Å². The lowest BCUT2D eigenvalue weighted by Gasteiger charge is -2.37. The van der Waals surface area contributed by atoms with Gasteiger partial charge < -0.3 is 5.32 Å². The molecule has 1 saturated carbocycles. The van der Waals surface area contributed by atoms with E-state index < -0.39 is 0 Å². The first-order chi connectivity index (χ1) is 8.84. The van der Waals surface area contributed by atoms with Crippen LogP contribution in [0.15, 0.2) is 15.9 Å². The maximum Gasteiger partial charge on any atom is 0.0471 e. The summed E-state index contributed by atoms with van der Waals surface area (Å²) < 4.78 is 1.25. The summed E-state index contributed by atoms with van der Waals surface area (Å²) in [5.74, 6) is 0.883. The highest BCUT2D eigenvalue weighted by Gasteiger charge is 2.32. The van der Waals surface area contributed by atoms with Crippen LogP contribution in [0, 0.1) is 5.92 Å². The first kappa shape index (κ1) is 18.7. The molecule has 2 aliphatic rings. The Hall–Kier alpha value is 0.680. The fourth-order valence-electron chi connectivity index (χ4n) is 3.43. The highest BCUT2D eigenvalue weighted by molar-refractivity contribution is 9.10. The lowest BCUT2D eigenvalue weighted by Crippen LogP contribution is -2.46. The monoisotopic (exact) mass is 400 g/mol. The molecule has 0 aromatic carbocycles. The van der Waals surface area contributed by atoms with Crippen molar-refractivity contribution < 1.29 is 0 Å². The third-order valence-corrected chi connectivity index (χ3v) is 6.03. The summed E-state index contributed by atoms with van der Waals surface area (Å²) in [5.41, 5.74) is 0. The van der Waals surface area contributed by atoms with Crippen LogP contribution < -0.4 is 5.32 Å². The van der Waals surface area contributed by atoms with Gasteiger partial charge in [-0.05, 0) is 40.8 Å². The van der Waals surface area contributed by atoms with E-state index in [1.54, 1.807) is 4.88 Å². The first-order valence-electron chi connectivity index (χ1n) is 7.03. The van der Waals surface area contributed by atoms with Crippen molar-refractivity contribution >= 4 is 52.1 Å². The molecule has 2 fully saturated rings. The van der Waals surface area contributed by atoms with E-state index in [-0.39, 0.29) is 24.8 Å². The van der Waals surface area contributed by atoms with Gasteiger partial charge in [-0.3, -0.25) is 4.90 Å². The van der Waals surface area contributed by atoms with Crippen molar-refractivity contribution in [2.75, 3.05) is 26.2 Å². The van der Waals surface area contributed by atoms with Gasteiger partial charge in [0.25, 0.3) is 0 Å². The second-order valence-corrected chi connectivity index (χ2v) is 7.30. The predicted octanol–water partition coefficient (Wildman–Crippen LogP) is 4.49. The summed E-state index contributed by atoms with van der Waals surface area (Å²) >= 11 is 5.54. The standard InChI is InChI=1S/C14H21BrN2S.2ClH/c15-12-9-13(18-10-12)14(11-3-1-2-4-11)17-7-5-16-6-8-17;;/h9-11,14,16H,1-8H2;2*1H/t14-;;/m0../s1. The van der Waals surface area contributed by atoms with Gasteiger partial charge >= 0.3 is 0 Å². The molecule has 0 radical (unpaired) electrons. The summed E-state index contributed by atoms with van der Waals surface area (Å²) in [6.45, 7) is 4.71. The van der Waals surface area contributed by atoms with Crippen molar-refractivity contribution in [1.82, 2.24) is 10.2 Å². The molecule has 6 heteroatoms. The Morgan fingerprint density at radius 2 is 1.85 bits per heavy atom. The fraction of sp³-hybridized carbons (Fsp3) is 0.714. The van der Waals surface area contributed by atoms with Crippen LogP contribution in [0.5, 0.6) is 0 Å². The molecule has 1 saturated heterocycles. The number of rotatable bonds is 3. The molecule has 0 unspecified atom stereocenters. The molecule has 1 aliphatic carbocycles. The lowest BCUT2D eigenvalue weighted by atomic mass is 9.94. The minimum absolute atomic E-state index is 0. The Kier molecular flexibility index (Phi) is 8.39. The van der Waals surface area contributed by atoms with Crippen LogP contribution in [-0.4, -0.2) is 31.1 Å². The van der Waals surface area contributed by atoms with Crippen molar-refractivity contribution in [3.05, 3.63) is 20.8 Å². The Bertz CT molecular complexity index is 390. The molecule has 2 heterocycles. The van der Waals surface area contributed by atoms with Crippen molar-refractivity contribution in [2.24, 2.45) is 5.92 Å². The molecule has 0 bridgehead atoms. The van der Waals surface area contributed by atoms with Gasteiger partial charge in [0, 0.05) is 47.0 Å². The SMILES string of the molecule is Brc1csc([C@H](C2CCCC2)N2CCNCC2)c1.Cl.Cl. The summed E-state index contributed by atoms with van der Waals surface area (Å²) in [6.07, 6.45) is 5.70. The first-order valence-corrected chi connectivity index (χ1v) is 8.70. The summed E-state index contributed by atoms with van der Waals surface area (Å²) in [6, 6.07) is 3.02. The Morgan fingerprint density at radius 1 is 1.20 bits per heavy atom. The third-order valence-electron chi connectivity index (χ3n) is 4.27. The molecule has 1 aromatic heterocycles. The largest absolute Gasteiger partial charge is 0.314 e. The maximum atomic E-state index is 3.61. The minimum Gasteiger partial charge on any atom is -0.314 e. The Balaban J connectivity index is 0.000001000. The van der Waals surface area contributed by atoms with Crippen LogP contribution in [0.1, 0.15) is 36.6 Å². The van der Waals surface area contributed by atoms with Crippen LogP contribution in [-0.2, 0) is 0 Å². The minimum atomic E-state index is 0. The van der Waals surface area contributed by atoms with Crippen molar-refractivity contribution in [3.8, 4) is 0 Å². The average molecular weight is 402 g/mol. The number of nitrogens with zero attached hydrogens (tertiary/aromatic N) is 1. The predicted molar refractivity (Wildman–Crippen MR) is 95.7 cm³/mol. The second kappa shape index (κ2) is 8.96. The van der Waals surface area contributed by atoms with Crippen LogP contribution in [0.4, 0.5) is 0 Å². The normalized spacial score (nSPS) is 22.1. The fourth-order valence-corrected chi connectivity index (χ4v) is 5.10. The van der Waals surface area contributed by atoms with Gasteiger partial charge in [-0.2, -0.15) is 0 Å². The van der Waals surface area contributed by atoms with E-state index in [1.807, 2.05) is 11.3 Å². The maximum absolute atomic E-state index is 3.61. The van der Waals surface area contributed by atoms with Crippen LogP contribution in [0.3, 0.4) is 0 Å². The van der Waals surface area contributed by atoms with Crippen LogP contribution >= 0.6 is 52.1 Å². The van der Waals surface area contributed by atoms with Gasteiger partial charge in [-0.1, -0.05) is 12.8 Å². The molecule has 1 aliphatic heterocycles. The highest BCUT2D eigenvalue weighted by Crippen LogP contribution is 2.42. The number of nitrogens with one attached hydrogen (secondary N) is 1. The smallest absolute Gasteiger partial charge is 0.0471 e. The summed E-state index contributed by atoms with van der Waals surface area (Å²) in [5, 5.41) is 5.70. The summed E-state index contributed by atoms with van der Waals surface area (Å²) in [4.78, 5) is 4.28. The van der Waals surface area contributed by atoms with Crippen LogP contribution in [0.25, 0.3) is 0 Å². The topological polar surface area (TPSA) is 15.3 Å². The molecule has 3 rings (SSSR count). The lowest BCUT2D eigenvalue weighted by molar-refractivity contribution is 0.128. The molecule has 0 spiro atoms. The van der Waals surface area contributed by atoms with Gasteiger partial charge in [0.15, 0.2) is 0 Å². The number of hydrogen-bond donors (Lipinski definition) is 1. The van der Waals surface area contributed by atoms with E-state index in [4.69, 9.17) is 0 Å². The van der Waals surface area contributed by atoms with Gasteiger partial charge in [-0.15, -0.1) is 36.2 Å². The van der Waals surface area contributed by atoms with Crippen molar-refractivity contribution in [2.45, 2.75) is 31.7 Å². The van der Waals surface area contributed by atoms with Crippen LogP contribution in [0.2, 0.25) is 0 Å². The van der Waals surface area contributed by atoms with E-state index in [2.05, 4.69) is 37.6 Å². The van der Waals surface area contributed by atoms with Crippen molar-refractivity contribution in [3.63, 3.8) is 0 Å². The Morgan fingerprint density at radius 3 is 2.40 bits per heavy atom. The molecule has 2 nitrogen and oxygen atoms in total. The highest BCUT2D eigenvalue weighted by atomic mass is 79.9. The van der Waals surface area contributed by atoms with Gasteiger partial charge in [0.05, 0.1) is 0 Å². The number of thiophene rings is 1. The van der Waals surface area contributed by atoms with Gasteiger partial charge in [0.1, 0.15) is 0 Å². The molecule has 0 amide bonds. The number of hydrogen-bond acceptors (Lipinski definition) is 3. The second-order valence-electron chi connectivity index (χ2n) is 5.44. The molecule has 1 N–H and O–H groups in total. The zero-order valence-electron chi connectivity index (χ0n) is 11.5. The molecule has 1 aromatic rings. The van der Waals surface area contributed by atoms with Gasteiger partial charge in [0.2, 0.25) is 0 Å². The molecular formula is C14H23BrCl2N2S. The third kappa shape index (κ3) is 4.34. The van der Waals surface area contributed by atoms with Crippen molar-refractivity contribution in [1.29, 1.82) is 0 Å². The zero-order valence-corrected chi connectivity index (χ0v) is 15.6. The zero-order chi connectivity index (χ0) is 12.4. The average Bonchev–Trinajstić information content (AvgIpc) is 3.04.